The van der Waals surface area contributed by atoms with Crippen LogP contribution in [0.1, 0.15) is 22.4 Å². The molecule has 0 spiro atoms. The molecule has 0 saturated carbocycles. The van der Waals surface area contributed by atoms with E-state index in [0.717, 1.165) is 28.9 Å². The minimum atomic E-state index is -0.810. The van der Waals surface area contributed by atoms with Gasteiger partial charge in [0.1, 0.15) is 5.69 Å². The van der Waals surface area contributed by atoms with Crippen molar-refractivity contribution in [1.29, 1.82) is 0 Å². The van der Waals surface area contributed by atoms with Crippen LogP contribution < -0.4 is 20.4 Å². The predicted octanol–water partition coefficient (Wildman–Crippen LogP) is 3.63. The number of aromatic nitrogens is 2. The van der Waals surface area contributed by atoms with Crippen molar-refractivity contribution in [2.45, 2.75) is 26.4 Å². The topological polar surface area (TPSA) is 73.4 Å². The number of aryl methyl sites for hydroxylation is 1. The van der Waals surface area contributed by atoms with Gasteiger partial charge in [0.05, 0.1) is 12.2 Å². The van der Waals surface area contributed by atoms with Crippen LogP contribution in [0, 0.1) is 18.6 Å². The molecule has 0 unspecified atom stereocenters. The highest BCUT2D eigenvalue weighted by Gasteiger charge is 2.24. The minimum Gasteiger partial charge on any atom is -0.367 e. The summed E-state index contributed by atoms with van der Waals surface area (Å²) < 4.78 is 27.2. The number of rotatable bonds is 5. The Morgan fingerprint density at radius 2 is 1.82 bits per heavy atom. The van der Waals surface area contributed by atoms with E-state index in [4.69, 9.17) is 0 Å². The first-order chi connectivity index (χ1) is 15.9. The second kappa shape index (κ2) is 8.31. The van der Waals surface area contributed by atoms with Gasteiger partial charge in [0.25, 0.3) is 0 Å². The maximum absolute atomic E-state index is 13.7. The number of nitrogens with zero attached hydrogens (tertiary/aromatic N) is 4. The fourth-order valence-electron chi connectivity index (χ4n) is 4.30. The Kier molecular flexibility index (Phi) is 5.32. The van der Waals surface area contributed by atoms with E-state index in [1.54, 1.807) is 4.90 Å². The Bertz CT molecular complexity index is 1230. The molecule has 170 valence electrons. The number of fused-ring (bicyclic) bond motifs is 2. The molecule has 7 nitrogen and oxygen atoms in total. The minimum absolute atomic E-state index is 0.0767. The van der Waals surface area contributed by atoms with Gasteiger partial charge < -0.3 is 20.4 Å². The molecule has 2 N–H and O–H groups in total. The molecule has 0 radical (unpaired) electrons. The number of likely N-dealkylation sites (N-methyl/N-ethyl adjacent to an activating group) is 1. The van der Waals surface area contributed by atoms with Crippen LogP contribution in [0.2, 0.25) is 0 Å². The lowest BCUT2D eigenvalue weighted by atomic mass is 10.1. The Balaban J connectivity index is 1.24. The molecule has 0 fully saturated rings. The number of nitrogens with one attached hydrogen (secondary N) is 2. The van der Waals surface area contributed by atoms with Crippen molar-refractivity contribution in [1.82, 2.24) is 9.97 Å². The largest absolute Gasteiger partial charge is 0.367 e. The fourth-order valence-corrected chi connectivity index (χ4v) is 4.30. The summed E-state index contributed by atoms with van der Waals surface area (Å²) in [6.45, 7) is 4.03. The van der Waals surface area contributed by atoms with Crippen molar-refractivity contribution in [3.8, 4) is 0 Å². The highest BCUT2D eigenvalue weighted by Crippen LogP contribution is 2.32. The maximum atomic E-state index is 13.7. The molecule has 0 atom stereocenters. The Morgan fingerprint density at radius 1 is 1.09 bits per heavy atom. The predicted molar refractivity (Wildman–Crippen MR) is 124 cm³/mol. The molecular formula is C24H24F2N6O. The quantitative estimate of drug-likeness (QED) is 0.619. The molecule has 9 heteroatoms. The smallest absolute Gasteiger partial charge is 0.244 e. The second-order valence-electron chi connectivity index (χ2n) is 8.47. The van der Waals surface area contributed by atoms with Crippen molar-refractivity contribution >= 4 is 29.0 Å². The Hall–Kier alpha value is -3.75. The van der Waals surface area contributed by atoms with E-state index < -0.39 is 11.6 Å². The molecule has 1 aromatic heterocycles. The van der Waals surface area contributed by atoms with Crippen LogP contribution in [-0.2, 0) is 24.3 Å². The number of carbonyl (C=O) groups excluding carboxylic acids is 1. The Labute approximate surface area is 190 Å². The zero-order valence-electron chi connectivity index (χ0n) is 18.5. The first-order valence-electron chi connectivity index (χ1n) is 10.8. The van der Waals surface area contributed by atoms with E-state index in [9.17, 15) is 13.6 Å². The zero-order chi connectivity index (χ0) is 23.1. The summed E-state index contributed by atoms with van der Waals surface area (Å²) in [5.74, 6) is -0.479. The van der Waals surface area contributed by atoms with Gasteiger partial charge in [-0.15, -0.1) is 0 Å². The number of amides is 1. The van der Waals surface area contributed by atoms with Gasteiger partial charge in [0.15, 0.2) is 17.5 Å². The molecule has 33 heavy (non-hydrogen) atoms. The van der Waals surface area contributed by atoms with Crippen molar-refractivity contribution < 1.29 is 13.6 Å². The van der Waals surface area contributed by atoms with Gasteiger partial charge in [-0.2, -0.15) is 4.98 Å². The molecule has 3 aromatic rings. The number of benzene rings is 2. The van der Waals surface area contributed by atoms with Crippen LogP contribution in [-0.4, -0.2) is 36.0 Å². The van der Waals surface area contributed by atoms with Crippen molar-refractivity contribution in [2.75, 3.05) is 40.6 Å². The van der Waals surface area contributed by atoms with Gasteiger partial charge >= 0.3 is 0 Å². The lowest BCUT2D eigenvalue weighted by Gasteiger charge is -2.27. The van der Waals surface area contributed by atoms with Gasteiger partial charge in [-0.25, -0.2) is 13.8 Å². The molecule has 2 aliphatic rings. The summed E-state index contributed by atoms with van der Waals surface area (Å²) in [5, 5.41) is 6.08. The van der Waals surface area contributed by atoms with E-state index in [0.29, 0.717) is 42.7 Å². The van der Waals surface area contributed by atoms with Crippen molar-refractivity contribution in [2.24, 2.45) is 0 Å². The molecule has 2 aromatic carbocycles. The van der Waals surface area contributed by atoms with Gasteiger partial charge in [0, 0.05) is 38.4 Å². The van der Waals surface area contributed by atoms with Gasteiger partial charge in [-0.3, -0.25) is 4.79 Å². The maximum Gasteiger partial charge on any atom is 0.244 e. The second-order valence-corrected chi connectivity index (χ2v) is 8.47. The molecule has 1 amide bonds. The molecule has 0 bridgehead atoms. The standard InChI is InChI=1S/C24H24F2N6O/c1-14-22-23(31(2)13-21(33)29-22)30-24(28-14)27-11-15-3-5-16(6-4-15)12-32-8-7-17-9-18(25)19(26)10-20(17)32/h3-6,9-10H,7-8,11-13H2,1-2H3,(H,29,33)(H,27,28,30). The Morgan fingerprint density at radius 3 is 2.61 bits per heavy atom. The number of halogens is 2. The third-order valence-corrected chi connectivity index (χ3v) is 6.04. The first-order valence-corrected chi connectivity index (χ1v) is 10.8. The van der Waals surface area contributed by atoms with Crippen LogP contribution in [0.15, 0.2) is 36.4 Å². The molecule has 5 rings (SSSR count). The van der Waals surface area contributed by atoms with Gasteiger partial charge in [-0.1, -0.05) is 24.3 Å². The number of carbonyl (C=O) groups is 1. The first kappa shape index (κ1) is 21.1. The van der Waals surface area contributed by atoms with Crippen molar-refractivity contribution in [3.63, 3.8) is 0 Å². The van der Waals surface area contributed by atoms with Crippen molar-refractivity contribution in [3.05, 3.63) is 70.4 Å². The fraction of sp³-hybridized carbons (Fsp3) is 0.292. The average molecular weight is 450 g/mol. The number of hydrogen-bond acceptors (Lipinski definition) is 6. The van der Waals surface area contributed by atoms with E-state index in [-0.39, 0.29) is 12.5 Å². The summed E-state index contributed by atoms with van der Waals surface area (Å²) in [4.78, 5) is 24.6. The van der Waals surface area contributed by atoms with Crippen LogP contribution in [0.5, 0.6) is 0 Å². The van der Waals surface area contributed by atoms with Crippen LogP contribution in [0.3, 0.4) is 0 Å². The van der Waals surface area contributed by atoms with Crippen LogP contribution in [0.25, 0.3) is 0 Å². The summed E-state index contributed by atoms with van der Waals surface area (Å²) in [6.07, 6.45) is 0.716. The number of anilines is 4. The third kappa shape index (κ3) is 4.18. The van der Waals surface area contributed by atoms with Gasteiger partial charge in [0.2, 0.25) is 11.9 Å². The molecular weight excluding hydrogens is 426 g/mol. The molecule has 3 heterocycles. The molecule has 0 saturated heterocycles. The zero-order valence-corrected chi connectivity index (χ0v) is 18.5. The van der Waals surface area contributed by atoms with Crippen LogP contribution in [0.4, 0.5) is 31.9 Å². The summed E-state index contributed by atoms with van der Waals surface area (Å²) in [5.41, 5.74) is 5.12. The summed E-state index contributed by atoms with van der Waals surface area (Å²) >= 11 is 0. The average Bonchev–Trinajstić information content (AvgIpc) is 3.15. The highest BCUT2D eigenvalue weighted by atomic mass is 19.2. The van der Waals surface area contributed by atoms with E-state index >= 15 is 0 Å². The monoisotopic (exact) mass is 450 g/mol. The van der Waals surface area contributed by atoms with Gasteiger partial charge in [-0.05, 0) is 36.1 Å². The summed E-state index contributed by atoms with van der Waals surface area (Å²) in [7, 11) is 1.83. The van der Waals surface area contributed by atoms with E-state index in [1.807, 2.05) is 38.2 Å². The van der Waals surface area contributed by atoms with E-state index in [2.05, 4.69) is 25.5 Å². The third-order valence-electron chi connectivity index (χ3n) is 6.04. The highest BCUT2D eigenvalue weighted by molar-refractivity contribution is 6.00. The normalized spacial score (nSPS) is 14.7. The van der Waals surface area contributed by atoms with Crippen LogP contribution >= 0.6 is 0 Å². The number of hydrogen-bond donors (Lipinski definition) is 2. The lowest BCUT2D eigenvalue weighted by Crippen LogP contribution is -2.36. The lowest BCUT2D eigenvalue weighted by molar-refractivity contribution is -0.115. The summed E-state index contributed by atoms with van der Waals surface area (Å²) in [6, 6.07) is 10.7. The molecule has 2 aliphatic heterocycles. The van der Waals surface area contributed by atoms with E-state index in [1.165, 1.54) is 12.1 Å². The molecule has 0 aliphatic carbocycles. The SMILES string of the molecule is Cc1nc(NCc2ccc(CN3CCc4cc(F)c(F)cc43)cc2)nc2c1NC(=O)CN2C.